The SMILES string of the molecule is CC(=O)c1ccccc1C1CC2OC1[C@H]1C(O)=C(c3c(C)cc(C)cc3C)C(=O)[C@@H]21. The van der Waals surface area contributed by atoms with Crippen molar-refractivity contribution in [3.63, 3.8) is 0 Å². The molecule has 4 nitrogen and oxygen atoms in total. The Balaban J connectivity index is 1.59. The van der Waals surface area contributed by atoms with Gasteiger partial charge in [0.25, 0.3) is 0 Å². The molecule has 3 aliphatic rings. The van der Waals surface area contributed by atoms with Crippen LogP contribution in [0.5, 0.6) is 0 Å². The lowest BCUT2D eigenvalue weighted by molar-refractivity contribution is -0.118. The first kappa shape index (κ1) is 19.3. The fraction of sp³-hybridized carbons (Fsp3) is 0.385. The highest BCUT2D eigenvalue weighted by Crippen LogP contribution is 2.58. The zero-order valence-electron chi connectivity index (χ0n) is 17.7. The summed E-state index contributed by atoms with van der Waals surface area (Å²) >= 11 is 0. The lowest BCUT2D eigenvalue weighted by Crippen LogP contribution is -2.34. The molecule has 2 heterocycles. The second kappa shape index (κ2) is 6.64. The molecule has 30 heavy (non-hydrogen) atoms. The number of hydrogen-bond acceptors (Lipinski definition) is 4. The largest absolute Gasteiger partial charge is 0.511 e. The van der Waals surface area contributed by atoms with Crippen LogP contribution in [0.3, 0.4) is 0 Å². The van der Waals surface area contributed by atoms with Crippen molar-refractivity contribution in [2.75, 3.05) is 0 Å². The van der Waals surface area contributed by atoms with E-state index in [9.17, 15) is 14.7 Å². The Morgan fingerprint density at radius 1 is 1.07 bits per heavy atom. The van der Waals surface area contributed by atoms with Gasteiger partial charge in [-0.25, -0.2) is 0 Å². The summed E-state index contributed by atoms with van der Waals surface area (Å²) in [6, 6.07) is 11.7. The third-order valence-electron chi connectivity index (χ3n) is 7.14. The number of carbonyl (C=O) groups excluding carboxylic acids is 2. The van der Waals surface area contributed by atoms with E-state index in [-0.39, 0.29) is 47.3 Å². The maximum atomic E-state index is 13.4. The first-order chi connectivity index (χ1) is 14.3. The molecule has 5 atom stereocenters. The van der Waals surface area contributed by atoms with E-state index in [1.807, 2.05) is 45.0 Å². The zero-order valence-corrected chi connectivity index (χ0v) is 17.7. The van der Waals surface area contributed by atoms with Crippen molar-refractivity contribution in [3.8, 4) is 0 Å². The number of rotatable bonds is 3. The van der Waals surface area contributed by atoms with Gasteiger partial charge in [-0.05, 0) is 56.4 Å². The molecule has 0 saturated carbocycles. The monoisotopic (exact) mass is 402 g/mol. The minimum Gasteiger partial charge on any atom is -0.511 e. The Morgan fingerprint density at radius 3 is 2.40 bits per heavy atom. The number of carbonyl (C=O) groups is 2. The fourth-order valence-electron chi connectivity index (χ4n) is 6.13. The summed E-state index contributed by atoms with van der Waals surface area (Å²) in [4.78, 5) is 25.6. The topological polar surface area (TPSA) is 63.6 Å². The second-order valence-corrected chi connectivity index (χ2v) is 9.07. The number of allylic oxidation sites excluding steroid dienone is 1. The van der Waals surface area contributed by atoms with Gasteiger partial charge in [0.05, 0.1) is 29.6 Å². The first-order valence-electron chi connectivity index (χ1n) is 10.6. The predicted molar refractivity (Wildman–Crippen MR) is 115 cm³/mol. The number of hydrogen-bond donors (Lipinski definition) is 1. The van der Waals surface area contributed by atoms with Crippen molar-refractivity contribution < 1.29 is 19.4 Å². The summed E-state index contributed by atoms with van der Waals surface area (Å²) in [6.07, 6.45) is 0.199. The quantitative estimate of drug-likeness (QED) is 0.745. The summed E-state index contributed by atoms with van der Waals surface area (Å²) in [7, 11) is 0. The molecule has 0 aromatic heterocycles. The molecule has 1 aliphatic carbocycles. The molecule has 1 N–H and O–H groups in total. The summed E-state index contributed by atoms with van der Waals surface area (Å²) < 4.78 is 6.22. The number of aliphatic hydroxyl groups excluding tert-OH is 1. The molecule has 0 radical (unpaired) electrons. The summed E-state index contributed by atoms with van der Waals surface area (Å²) in [6.45, 7) is 7.60. The van der Waals surface area contributed by atoms with Gasteiger partial charge >= 0.3 is 0 Å². The van der Waals surface area contributed by atoms with E-state index >= 15 is 0 Å². The van der Waals surface area contributed by atoms with Gasteiger partial charge < -0.3 is 9.84 Å². The third-order valence-corrected chi connectivity index (χ3v) is 7.14. The maximum Gasteiger partial charge on any atom is 0.173 e. The van der Waals surface area contributed by atoms with Crippen molar-refractivity contribution >= 4 is 17.1 Å². The summed E-state index contributed by atoms with van der Waals surface area (Å²) in [5.74, 6) is -0.470. The van der Waals surface area contributed by atoms with Crippen LogP contribution in [0.15, 0.2) is 42.2 Å². The van der Waals surface area contributed by atoms with E-state index < -0.39 is 0 Å². The minimum atomic E-state index is -0.337. The molecule has 2 fully saturated rings. The molecule has 0 amide bonds. The van der Waals surface area contributed by atoms with Crippen LogP contribution in [0.4, 0.5) is 0 Å². The van der Waals surface area contributed by atoms with Gasteiger partial charge in [-0.3, -0.25) is 9.59 Å². The van der Waals surface area contributed by atoms with Crippen LogP contribution in [0, 0.1) is 32.6 Å². The van der Waals surface area contributed by atoms with Crippen LogP contribution in [-0.4, -0.2) is 28.9 Å². The lowest BCUT2D eigenvalue weighted by atomic mass is 9.71. The molecule has 2 aromatic carbocycles. The highest BCUT2D eigenvalue weighted by atomic mass is 16.5. The molecule has 5 rings (SSSR count). The molecule has 2 aliphatic heterocycles. The number of ketones is 2. The van der Waals surface area contributed by atoms with Crippen LogP contribution in [0.1, 0.15) is 57.4 Å². The highest BCUT2D eigenvalue weighted by molar-refractivity contribution is 6.26. The van der Waals surface area contributed by atoms with Gasteiger partial charge in [0.15, 0.2) is 11.6 Å². The Bertz CT molecular complexity index is 1100. The van der Waals surface area contributed by atoms with E-state index in [1.165, 1.54) is 0 Å². The first-order valence-corrected chi connectivity index (χ1v) is 10.6. The summed E-state index contributed by atoms with van der Waals surface area (Å²) in [5.41, 5.74) is 6.16. The molecule has 154 valence electrons. The van der Waals surface area contributed by atoms with Crippen molar-refractivity contribution in [2.45, 2.75) is 52.2 Å². The lowest BCUT2D eigenvalue weighted by Gasteiger charge is -2.28. The second-order valence-electron chi connectivity index (χ2n) is 9.07. The molecule has 4 heteroatoms. The summed E-state index contributed by atoms with van der Waals surface area (Å²) in [5, 5.41) is 11.3. The number of ether oxygens (including phenoxy) is 1. The molecule has 2 saturated heterocycles. The molecule has 0 spiro atoms. The smallest absolute Gasteiger partial charge is 0.173 e. The van der Waals surface area contributed by atoms with E-state index in [1.54, 1.807) is 6.92 Å². The van der Waals surface area contributed by atoms with Crippen molar-refractivity contribution in [3.05, 3.63) is 75.5 Å². The Labute approximate surface area is 176 Å². The van der Waals surface area contributed by atoms with Gasteiger partial charge in [0.2, 0.25) is 0 Å². The number of fused-ring (bicyclic) bond motifs is 5. The van der Waals surface area contributed by atoms with Gasteiger partial charge in [-0.15, -0.1) is 0 Å². The van der Waals surface area contributed by atoms with Crippen LogP contribution >= 0.6 is 0 Å². The van der Waals surface area contributed by atoms with Crippen molar-refractivity contribution in [2.24, 2.45) is 11.8 Å². The normalized spacial score (nSPS) is 29.6. The van der Waals surface area contributed by atoms with E-state index in [0.717, 1.165) is 27.8 Å². The van der Waals surface area contributed by atoms with E-state index in [0.29, 0.717) is 17.6 Å². The molecule has 3 unspecified atom stereocenters. The van der Waals surface area contributed by atoms with Gasteiger partial charge in [-0.2, -0.15) is 0 Å². The van der Waals surface area contributed by atoms with E-state index in [2.05, 4.69) is 12.1 Å². The van der Waals surface area contributed by atoms with Crippen LogP contribution in [0.2, 0.25) is 0 Å². The van der Waals surface area contributed by atoms with Crippen molar-refractivity contribution in [1.82, 2.24) is 0 Å². The van der Waals surface area contributed by atoms with E-state index in [4.69, 9.17) is 4.74 Å². The highest BCUT2D eigenvalue weighted by Gasteiger charge is 2.62. The predicted octanol–water partition coefficient (Wildman–Crippen LogP) is 4.85. The van der Waals surface area contributed by atoms with Crippen LogP contribution in [-0.2, 0) is 9.53 Å². The molecule has 2 bridgehead atoms. The van der Waals surface area contributed by atoms with Gasteiger partial charge in [0.1, 0.15) is 5.76 Å². The minimum absolute atomic E-state index is 0.00152. The Morgan fingerprint density at radius 2 is 1.73 bits per heavy atom. The standard InChI is InChI=1S/C26H26O4/c1-12-9-13(2)20(14(3)10-12)22-24(28)21-19-11-18(26(30-19)23(21)25(22)29)17-8-6-5-7-16(17)15(4)27/h5-10,18-19,21,23,26,29H,11H2,1-4H3/t18?,19?,21-,23+,26?/m0/s1. The van der Waals surface area contributed by atoms with Gasteiger partial charge in [-0.1, -0.05) is 42.0 Å². The molecular weight excluding hydrogens is 376 g/mol. The fourth-order valence-corrected chi connectivity index (χ4v) is 6.13. The average Bonchev–Trinajstić information content (AvgIpc) is 3.34. The van der Waals surface area contributed by atoms with Crippen molar-refractivity contribution in [1.29, 1.82) is 0 Å². The Kier molecular flexibility index (Phi) is 4.26. The Hall–Kier alpha value is -2.72. The number of Topliss-reactive ketones (excluding diaryl/α,β-unsaturated/α-hetero) is 2. The number of aliphatic hydroxyl groups is 1. The van der Waals surface area contributed by atoms with Crippen LogP contribution in [0.25, 0.3) is 5.57 Å². The molecular formula is C26H26O4. The molecule has 2 aromatic rings. The third kappa shape index (κ3) is 2.56. The average molecular weight is 402 g/mol. The van der Waals surface area contributed by atoms with Crippen LogP contribution < -0.4 is 0 Å². The zero-order chi connectivity index (χ0) is 21.3. The number of benzene rings is 2. The van der Waals surface area contributed by atoms with Gasteiger partial charge in [0, 0.05) is 11.5 Å². The number of aryl methyl sites for hydroxylation is 3. The maximum absolute atomic E-state index is 13.4.